The second-order valence-electron chi connectivity index (χ2n) is 5.04. The minimum Gasteiger partial charge on any atom is -0.478 e. The Morgan fingerprint density at radius 3 is 2.83 bits per heavy atom. The van der Waals surface area contributed by atoms with Crippen molar-refractivity contribution in [3.05, 3.63) is 54.5 Å². The summed E-state index contributed by atoms with van der Waals surface area (Å²) < 4.78 is 0. The Balaban J connectivity index is 1.88. The molecule has 0 bridgehead atoms. The number of carboxylic acid groups (broad SMARTS) is 1. The SMILES string of the molecule is O=C(O)c1ccc2c(-c3cn[nH]c3-c3cccnc3)n[nH]c2c1. The van der Waals surface area contributed by atoms with Gasteiger partial charge in [0.15, 0.2) is 0 Å². The van der Waals surface area contributed by atoms with Gasteiger partial charge in [0.2, 0.25) is 0 Å². The zero-order valence-corrected chi connectivity index (χ0v) is 11.8. The number of benzene rings is 1. The van der Waals surface area contributed by atoms with E-state index in [1.54, 1.807) is 36.8 Å². The van der Waals surface area contributed by atoms with Crippen molar-refractivity contribution in [3.63, 3.8) is 0 Å². The van der Waals surface area contributed by atoms with Crippen LogP contribution in [0.4, 0.5) is 0 Å². The molecule has 0 aliphatic rings. The zero-order valence-electron chi connectivity index (χ0n) is 11.8. The van der Waals surface area contributed by atoms with Gasteiger partial charge in [-0.1, -0.05) is 0 Å². The molecule has 0 fully saturated rings. The van der Waals surface area contributed by atoms with Crippen LogP contribution in [0.3, 0.4) is 0 Å². The van der Waals surface area contributed by atoms with Gasteiger partial charge < -0.3 is 5.11 Å². The van der Waals surface area contributed by atoms with Crippen LogP contribution >= 0.6 is 0 Å². The maximum absolute atomic E-state index is 11.1. The van der Waals surface area contributed by atoms with Gasteiger partial charge in [-0.2, -0.15) is 10.2 Å². The minimum atomic E-state index is -0.970. The van der Waals surface area contributed by atoms with Gasteiger partial charge in [-0.15, -0.1) is 0 Å². The summed E-state index contributed by atoms with van der Waals surface area (Å²) in [6.07, 6.45) is 5.15. The summed E-state index contributed by atoms with van der Waals surface area (Å²) in [4.78, 5) is 15.2. The molecule has 3 heterocycles. The summed E-state index contributed by atoms with van der Waals surface area (Å²) >= 11 is 0. The number of fused-ring (bicyclic) bond motifs is 1. The number of pyridine rings is 1. The van der Waals surface area contributed by atoms with Gasteiger partial charge >= 0.3 is 5.97 Å². The Kier molecular flexibility index (Phi) is 2.90. The third-order valence-electron chi connectivity index (χ3n) is 3.65. The average molecular weight is 305 g/mol. The first kappa shape index (κ1) is 13.2. The van der Waals surface area contributed by atoms with E-state index in [-0.39, 0.29) is 5.56 Å². The Bertz CT molecular complexity index is 1000. The van der Waals surface area contributed by atoms with Crippen molar-refractivity contribution in [2.24, 2.45) is 0 Å². The van der Waals surface area contributed by atoms with Crippen molar-refractivity contribution in [1.29, 1.82) is 0 Å². The molecule has 0 spiro atoms. The highest BCUT2D eigenvalue weighted by Gasteiger charge is 2.16. The topological polar surface area (TPSA) is 108 Å². The molecule has 0 radical (unpaired) electrons. The molecule has 7 heteroatoms. The van der Waals surface area contributed by atoms with E-state index in [1.807, 2.05) is 12.1 Å². The summed E-state index contributed by atoms with van der Waals surface area (Å²) in [5.41, 5.74) is 4.13. The van der Waals surface area contributed by atoms with Crippen LogP contribution in [0, 0.1) is 0 Å². The predicted octanol–water partition coefficient (Wildman–Crippen LogP) is 2.71. The molecule has 4 aromatic rings. The molecule has 0 unspecified atom stereocenters. The van der Waals surface area contributed by atoms with Crippen LogP contribution in [0.15, 0.2) is 48.9 Å². The summed E-state index contributed by atoms with van der Waals surface area (Å²) in [6.45, 7) is 0. The summed E-state index contributed by atoms with van der Waals surface area (Å²) in [7, 11) is 0. The van der Waals surface area contributed by atoms with Gasteiger partial charge in [0.25, 0.3) is 0 Å². The van der Waals surface area contributed by atoms with Crippen LogP contribution in [0.5, 0.6) is 0 Å². The molecule has 4 rings (SSSR count). The number of nitrogens with one attached hydrogen (secondary N) is 2. The first-order valence-corrected chi connectivity index (χ1v) is 6.89. The monoisotopic (exact) mass is 305 g/mol. The van der Waals surface area contributed by atoms with Gasteiger partial charge in [-0.3, -0.25) is 15.2 Å². The van der Waals surface area contributed by atoms with Crippen LogP contribution in [0.25, 0.3) is 33.4 Å². The average Bonchev–Trinajstić information content (AvgIpc) is 3.21. The van der Waals surface area contributed by atoms with E-state index in [4.69, 9.17) is 5.11 Å². The van der Waals surface area contributed by atoms with Crippen LogP contribution in [0.2, 0.25) is 0 Å². The lowest BCUT2D eigenvalue weighted by molar-refractivity contribution is 0.0697. The lowest BCUT2D eigenvalue weighted by Crippen LogP contribution is -1.94. The molecule has 0 saturated carbocycles. The van der Waals surface area contributed by atoms with Crippen molar-refractivity contribution in [2.45, 2.75) is 0 Å². The Morgan fingerprint density at radius 2 is 2.04 bits per heavy atom. The van der Waals surface area contributed by atoms with E-state index in [1.165, 1.54) is 0 Å². The minimum absolute atomic E-state index is 0.215. The van der Waals surface area contributed by atoms with Crippen LogP contribution in [0.1, 0.15) is 10.4 Å². The smallest absolute Gasteiger partial charge is 0.335 e. The van der Waals surface area contributed by atoms with Crippen molar-refractivity contribution in [3.8, 4) is 22.5 Å². The molecule has 3 N–H and O–H groups in total. The van der Waals surface area contributed by atoms with E-state index in [0.717, 1.165) is 22.2 Å². The number of carbonyl (C=O) groups is 1. The molecule has 0 atom stereocenters. The number of hydrogen-bond acceptors (Lipinski definition) is 4. The van der Waals surface area contributed by atoms with E-state index in [2.05, 4.69) is 25.4 Å². The summed E-state index contributed by atoms with van der Waals surface area (Å²) in [5.74, 6) is -0.970. The third kappa shape index (κ3) is 2.15. The molecule has 112 valence electrons. The standard InChI is InChI=1S/C16H11N5O2/c22-16(23)9-3-4-11-13(6-9)19-21-15(11)12-8-18-20-14(12)10-2-1-5-17-7-10/h1-8H,(H,18,20)(H,19,21)(H,22,23). The van der Waals surface area contributed by atoms with E-state index in [0.29, 0.717) is 11.2 Å². The number of aromatic carboxylic acids is 1. The fraction of sp³-hybridized carbons (Fsp3) is 0. The fourth-order valence-corrected chi connectivity index (χ4v) is 2.55. The normalized spacial score (nSPS) is 11.0. The number of H-pyrrole nitrogens is 2. The molecule has 0 amide bonds. The number of hydrogen-bond donors (Lipinski definition) is 3. The molecule has 3 aromatic heterocycles. The van der Waals surface area contributed by atoms with Crippen molar-refractivity contribution >= 4 is 16.9 Å². The molecule has 1 aromatic carbocycles. The second-order valence-corrected chi connectivity index (χ2v) is 5.04. The van der Waals surface area contributed by atoms with Crippen molar-refractivity contribution < 1.29 is 9.90 Å². The maximum atomic E-state index is 11.1. The van der Waals surface area contributed by atoms with Crippen molar-refractivity contribution in [1.82, 2.24) is 25.4 Å². The highest BCUT2D eigenvalue weighted by Crippen LogP contribution is 2.33. The van der Waals surface area contributed by atoms with E-state index < -0.39 is 5.97 Å². The number of aromatic nitrogens is 5. The third-order valence-corrected chi connectivity index (χ3v) is 3.65. The highest BCUT2D eigenvalue weighted by molar-refractivity contribution is 5.99. The maximum Gasteiger partial charge on any atom is 0.335 e. The lowest BCUT2D eigenvalue weighted by Gasteiger charge is -2.01. The highest BCUT2D eigenvalue weighted by atomic mass is 16.4. The molecule has 7 nitrogen and oxygen atoms in total. The van der Waals surface area contributed by atoms with E-state index >= 15 is 0 Å². The Hall–Kier alpha value is -3.48. The largest absolute Gasteiger partial charge is 0.478 e. The number of carboxylic acids is 1. The van der Waals surface area contributed by atoms with E-state index in [9.17, 15) is 4.79 Å². The summed E-state index contributed by atoms with van der Waals surface area (Å²) in [5, 5.41) is 24.2. The lowest BCUT2D eigenvalue weighted by atomic mass is 10.0. The van der Waals surface area contributed by atoms with Crippen LogP contribution in [-0.2, 0) is 0 Å². The molecule has 0 aliphatic carbocycles. The Morgan fingerprint density at radius 1 is 1.13 bits per heavy atom. The van der Waals surface area contributed by atoms with Crippen LogP contribution < -0.4 is 0 Å². The first-order valence-electron chi connectivity index (χ1n) is 6.89. The second kappa shape index (κ2) is 5.06. The van der Waals surface area contributed by atoms with Crippen molar-refractivity contribution in [2.75, 3.05) is 0 Å². The number of rotatable bonds is 3. The van der Waals surface area contributed by atoms with Gasteiger partial charge in [0, 0.05) is 28.9 Å². The van der Waals surface area contributed by atoms with Gasteiger partial charge in [0.05, 0.1) is 23.0 Å². The number of nitrogens with zero attached hydrogens (tertiary/aromatic N) is 3. The first-order chi connectivity index (χ1) is 11.2. The fourth-order valence-electron chi connectivity index (χ4n) is 2.55. The Labute approximate surface area is 130 Å². The molecular weight excluding hydrogens is 294 g/mol. The van der Waals surface area contributed by atoms with Crippen LogP contribution in [-0.4, -0.2) is 36.5 Å². The quantitative estimate of drug-likeness (QED) is 0.539. The number of aromatic amines is 2. The molecule has 23 heavy (non-hydrogen) atoms. The summed E-state index contributed by atoms with van der Waals surface area (Å²) in [6, 6.07) is 8.66. The van der Waals surface area contributed by atoms with Gasteiger partial charge in [0.1, 0.15) is 5.69 Å². The van der Waals surface area contributed by atoms with Gasteiger partial charge in [-0.05, 0) is 30.3 Å². The molecule has 0 saturated heterocycles. The zero-order chi connectivity index (χ0) is 15.8. The van der Waals surface area contributed by atoms with Gasteiger partial charge in [-0.25, -0.2) is 4.79 Å². The molecule has 0 aliphatic heterocycles. The predicted molar refractivity (Wildman–Crippen MR) is 83.9 cm³/mol. The molecular formula is C16H11N5O2.